The third kappa shape index (κ3) is 5.56. The van der Waals surface area contributed by atoms with Gasteiger partial charge in [-0.1, -0.05) is 0 Å². The number of amides is 1. The number of nitrogens with one attached hydrogen (secondary N) is 1. The van der Waals surface area contributed by atoms with Crippen LogP contribution >= 0.6 is 12.4 Å². The lowest BCUT2D eigenvalue weighted by atomic mass is 10.1. The number of carbonyl (C=O) groups excluding carboxylic acids is 1. The van der Waals surface area contributed by atoms with Gasteiger partial charge in [0, 0.05) is 19.7 Å². The number of rotatable bonds is 5. The Hall–Kier alpha value is -0.360. The SMILES string of the molecule is CNCC(=O)N1CCC(OCC2CCCCO2)CC1.Cl. The van der Waals surface area contributed by atoms with E-state index in [1.165, 1.54) is 12.8 Å². The lowest BCUT2D eigenvalue weighted by Crippen LogP contribution is -2.44. The molecule has 0 radical (unpaired) electrons. The van der Waals surface area contributed by atoms with Gasteiger partial charge in [0.2, 0.25) is 5.91 Å². The molecule has 1 unspecified atom stereocenters. The first-order valence-corrected chi connectivity index (χ1v) is 7.45. The summed E-state index contributed by atoms with van der Waals surface area (Å²) in [7, 11) is 1.80. The predicted molar refractivity (Wildman–Crippen MR) is 80.3 cm³/mol. The molecule has 0 saturated carbocycles. The number of hydrogen-bond donors (Lipinski definition) is 1. The van der Waals surface area contributed by atoms with Gasteiger partial charge < -0.3 is 19.7 Å². The molecule has 2 aliphatic rings. The Labute approximate surface area is 127 Å². The summed E-state index contributed by atoms with van der Waals surface area (Å²) in [6.07, 6.45) is 6.04. The minimum absolute atomic E-state index is 0. The molecule has 0 aliphatic carbocycles. The summed E-state index contributed by atoms with van der Waals surface area (Å²) in [4.78, 5) is 13.6. The van der Waals surface area contributed by atoms with Crippen LogP contribution in [0.4, 0.5) is 0 Å². The Morgan fingerprint density at radius 2 is 2.05 bits per heavy atom. The molecular formula is C14H27ClN2O3. The molecular weight excluding hydrogens is 280 g/mol. The standard InChI is InChI=1S/C14H26N2O3.ClH/c1-15-10-14(17)16-7-5-12(6-8-16)19-11-13-4-2-3-9-18-13;/h12-13,15H,2-11H2,1H3;1H. The van der Waals surface area contributed by atoms with E-state index in [4.69, 9.17) is 9.47 Å². The Morgan fingerprint density at radius 3 is 2.65 bits per heavy atom. The van der Waals surface area contributed by atoms with Gasteiger partial charge >= 0.3 is 0 Å². The summed E-state index contributed by atoms with van der Waals surface area (Å²) in [6, 6.07) is 0. The average Bonchev–Trinajstić information content (AvgIpc) is 2.47. The highest BCUT2D eigenvalue weighted by Crippen LogP contribution is 2.17. The van der Waals surface area contributed by atoms with E-state index in [1.807, 2.05) is 4.90 Å². The maximum atomic E-state index is 11.7. The molecule has 118 valence electrons. The first kappa shape index (κ1) is 17.7. The molecule has 1 amide bonds. The van der Waals surface area contributed by atoms with Crippen LogP contribution in [0.25, 0.3) is 0 Å². The van der Waals surface area contributed by atoms with Gasteiger partial charge in [0.1, 0.15) is 0 Å². The summed E-state index contributed by atoms with van der Waals surface area (Å²) in [6.45, 7) is 3.66. The van der Waals surface area contributed by atoms with Crippen molar-refractivity contribution in [3.8, 4) is 0 Å². The van der Waals surface area contributed by atoms with Gasteiger partial charge in [-0.3, -0.25) is 4.79 Å². The molecule has 2 aliphatic heterocycles. The zero-order valence-corrected chi connectivity index (χ0v) is 13.1. The number of likely N-dealkylation sites (tertiary alicyclic amines) is 1. The Morgan fingerprint density at radius 1 is 1.30 bits per heavy atom. The molecule has 5 nitrogen and oxygen atoms in total. The molecule has 2 heterocycles. The van der Waals surface area contributed by atoms with Gasteiger partial charge in [0.15, 0.2) is 0 Å². The van der Waals surface area contributed by atoms with Gasteiger partial charge in [-0.05, 0) is 39.2 Å². The second-order valence-corrected chi connectivity index (χ2v) is 5.43. The van der Waals surface area contributed by atoms with E-state index < -0.39 is 0 Å². The van der Waals surface area contributed by atoms with Crippen LogP contribution in [0.2, 0.25) is 0 Å². The minimum atomic E-state index is 0. The summed E-state index contributed by atoms with van der Waals surface area (Å²) in [5.74, 6) is 0.191. The minimum Gasteiger partial charge on any atom is -0.376 e. The molecule has 0 aromatic carbocycles. The predicted octanol–water partition coefficient (Wildman–Crippen LogP) is 1.20. The van der Waals surface area contributed by atoms with Crippen LogP contribution in [0.1, 0.15) is 32.1 Å². The van der Waals surface area contributed by atoms with E-state index in [1.54, 1.807) is 7.05 Å². The van der Waals surface area contributed by atoms with Crippen molar-refractivity contribution in [1.29, 1.82) is 0 Å². The number of likely N-dealkylation sites (N-methyl/N-ethyl adjacent to an activating group) is 1. The Balaban J connectivity index is 0.00000200. The van der Waals surface area contributed by atoms with Crippen molar-refractivity contribution in [3.63, 3.8) is 0 Å². The smallest absolute Gasteiger partial charge is 0.236 e. The number of piperidine rings is 1. The van der Waals surface area contributed by atoms with Crippen molar-refractivity contribution in [1.82, 2.24) is 10.2 Å². The van der Waals surface area contributed by atoms with Gasteiger partial charge in [-0.25, -0.2) is 0 Å². The Bertz CT molecular complexity index is 278. The lowest BCUT2D eigenvalue weighted by Gasteiger charge is -2.33. The summed E-state index contributed by atoms with van der Waals surface area (Å²) in [5.41, 5.74) is 0. The van der Waals surface area contributed by atoms with Crippen LogP contribution in [0.3, 0.4) is 0 Å². The van der Waals surface area contributed by atoms with Gasteiger partial charge in [-0.15, -0.1) is 12.4 Å². The lowest BCUT2D eigenvalue weighted by molar-refractivity contribution is -0.133. The molecule has 0 aromatic rings. The Kier molecular flexibility index (Phi) is 8.45. The second kappa shape index (κ2) is 9.55. The molecule has 0 bridgehead atoms. The third-order valence-corrected chi connectivity index (χ3v) is 3.91. The number of nitrogens with zero attached hydrogens (tertiary/aromatic N) is 1. The summed E-state index contributed by atoms with van der Waals surface area (Å²) in [5, 5.41) is 2.91. The number of carbonyl (C=O) groups is 1. The van der Waals surface area contributed by atoms with Crippen molar-refractivity contribution in [2.45, 2.75) is 44.3 Å². The van der Waals surface area contributed by atoms with E-state index in [-0.39, 0.29) is 24.4 Å². The zero-order chi connectivity index (χ0) is 13.5. The maximum absolute atomic E-state index is 11.7. The van der Waals surface area contributed by atoms with Crippen LogP contribution in [0.5, 0.6) is 0 Å². The van der Waals surface area contributed by atoms with Crippen molar-refractivity contribution in [2.75, 3.05) is 39.9 Å². The van der Waals surface area contributed by atoms with Crippen LogP contribution < -0.4 is 5.32 Å². The summed E-state index contributed by atoms with van der Waals surface area (Å²) >= 11 is 0. The van der Waals surface area contributed by atoms with Crippen molar-refractivity contribution in [2.24, 2.45) is 0 Å². The van der Waals surface area contributed by atoms with Crippen LogP contribution in [0, 0.1) is 0 Å². The molecule has 2 saturated heterocycles. The fourth-order valence-electron chi connectivity index (χ4n) is 2.72. The van der Waals surface area contributed by atoms with Crippen LogP contribution in [-0.2, 0) is 14.3 Å². The highest BCUT2D eigenvalue weighted by molar-refractivity contribution is 5.85. The maximum Gasteiger partial charge on any atom is 0.236 e. The fraction of sp³-hybridized carbons (Fsp3) is 0.929. The second-order valence-electron chi connectivity index (χ2n) is 5.43. The monoisotopic (exact) mass is 306 g/mol. The van der Waals surface area contributed by atoms with E-state index >= 15 is 0 Å². The number of hydrogen-bond acceptors (Lipinski definition) is 4. The van der Waals surface area contributed by atoms with Gasteiger partial charge in [-0.2, -0.15) is 0 Å². The third-order valence-electron chi connectivity index (χ3n) is 3.91. The van der Waals surface area contributed by atoms with Crippen molar-refractivity contribution < 1.29 is 14.3 Å². The molecule has 0 aromatic heterocycles. The largest absolute Gasteiger partial charge is 0.376 e. The van der Waals surface area contributed by atoms with Crippen LogP contribution in [-0.4, -0.2) is 62.9 Å². The molecule has 2 rings (SSSR count). The van der Waals surface area contributed by atoms with Crippen molar-refractivity contribution in [3.05, 3.63) is 0 Å². The highest BCUT2D eigenvalue weighted by atomic mass is 35.5. The average molecular weight is 307 g/mol. The van der Waals surface area contributed by atoms with E-state index in [0.717, 1.165) is 45.6 Å². The normalized spacial score (nSPS) is 24.2. The molecule has 20 heavy (non-hydrogen) atoms. The van der Waals surface area contributed by atoms with E-state index in [0.29, 0.717) is 12.6 Å². The van der Waals surface area contributed by atoms with E-state index in [2.05, 4.69) is 5.32 Å². The topological polar surface area (TPSA) is 50.8 Å². The molecule has 1 atom stereocenters. The van der Waals surface area contributed by atoms with E-state index in [9.17, 15) is 4.79 Å². The number of ether oxygens (including phenoxy) is 2. The fourth-order valence-corrected chi connectivity index (χ4v) is 2.72. The van der Waals surface area contributed by atoms with Gasteiger partial charge in [0.25, 0.3) is 0 Å². The number of halogens is 1. The first-order valence-electron chi connectivity index (χ1n) is 7.45. The van der Waals surface area contributed by atoms with Crippen molar-refractivity contribution >= 4 is 18.3 Å². The molecule has 1 N–H and O–H groups in total. The first-order chi connectivity index (χ1) is 9.29. The summed E-state index contributed by atoms with van der Waals surface area (Å²) < 4.78 is 11.6. The zero-order valence-electron chi connectivity index (χ0n) is 12.3. The highest BCUT2D eigenvalue weighted by Gasteiger charge is 2.24. The molecule has 2 fully saturated rings. The molecule has 0 spiro atoms. The van der Waals surface area contributed by atoms with Crippen LogP contribution in [0.15, 0.2) is 0 Å². The van der Waals surface area contributed by atoms with Gasteiger partial charge in [0.05, 0.1) is 25.4 Å². The molecule has 6 heteroatoms. The quantitative estimate of drug-likeness (QED) is 0.829.